The highest BCUT2D eigenvalue weighted by molar-refractivity contribution is 5.59. The molecule has 1 heterocycles. The van der Waals surface area contributed by atoms with Crippen LogP contribution in [0, 0.1) is 0 Å². The molecule has 0 radical (unpaired) electrons. The SMILES string of the molecule is c1ccc(NNc2nncc(-c3ccccc3)n2)cc1. The lowest BCUT2D eigenvalue weighted by atomic mass is 10.2. The summed E-state index contributed by atoms with van der Waals surface area (Å²) in [6, 6.07) is 19.6. The van der Waals surface area contributed by atoms with Crippen molar-refractivity contribution in [2.24, 2.45) is 0 Å². The first-order valence-electron chi connectivity index (χ1n) is 6.24. The molecule has 0 fully saturated rings. The Morgan fingerprint density at radius 2 is 1.45 bits per heavy atom. The Hall–Kier alpha value is -2.95. The summed E-state index contributed by atoms with van der Waals surface area (Å²) in [4.78, 5) is 4.41. The van der Waals surface area contributed by atoms with Crippen molar-refractivity contribution in [2.75, 3.05) is 10.9 Å². The molecule has 5 nitrogen and oxygen atoms in total. The second-order valence-corrected chi connectivity index (χ2v) is 4.15. The first-order chi connectivity index (χ1) is 9.92. The van der Waals surface area contributed by atoms with Crippen LogP contribution in [0.5, 0.6) is 0 Å². The van der Waals surface area contributed by atoms with E-state index in [1.807, 2.05) is 60.7 Å². The highest BCUT2D eigenvalue weighted by Gasteiger charge is 2.02. The molecule has 0 aliphatic rings. The number of para-hydroxylation sites is 1. The number of hydrogen-bond acceptors (Lipinski definition) is 5. The van der Waals surface area contributed by atoms with Gasteiger partial charge in [-0.3, -0.25) is 10.9 Å². The van der Waals surface area contributed by atoms with Gasteiger partial charge in [-0.1, -0.05) is 48.5 Å². The molecular formula is C15H13N5. The van der Waals surface area contributed by atoms with E-state index < -0.39 is 0 Å². The highest BCUT2D eigenvalue weighted by atomic mass is 15.4. The molecule has 2 aromatic carbocycles. The van der Waals surface area contributed by atoms with Gasteiger partial charge in [0.05, 0.1) is 17.6 Å². The molecule has 3 aromatic rings. The monoisotopic (exact) mass is 263 g/mol. The molecule has 0 bridgehead atoms. The summed E-state index contributed by atoms with van der Waals surface area (Å²) < 4.78 is 0. The van der Waals surface area contributed by atoms with Gasteiger partial charge < -0.3 is 0 Å². The highest BCUT2D eigenvalue weighted by Crippen LogP contribution is 2.15. The molecule has 0 atom stereocenters. The van der Waals surface area contributed by atoms with Gasteiger partial charge in [0, 0.05) is 5.56 Å². The molecule has 0 saturated carbocycles. The van der Waals surface area contributed by atoms with Crippen LogP contribution >= 0.6 is 0 Å². The predicted octanol–water partition coefficient (Wildman–Crippen LogP) is 2.98. The van der Waals surface area contributed by atoms with Gasteiger partial charge in [-0.2, -0.15) is 5.10 Å². The van der Waals surface area contributed by atoms with E-state index in [1.165, 1.54) is 0 Å². The summed E-state index contributed by atoms with van der Waals surface area (Å²) in [6.07, 6.45) is 1.64. The van der Waals surface area contributed by atoms with Gasteiger partial charge in [0.25, 0.3) is 5.95 Å². The van der Waals surface area contributed by atoms with E-state index in [2.05, 4.69) is 26.0 Å². The molecule has 3 rings (SSSR count). The third-order valence-corrected chi connectivity index (χ3v) is 2.72. The van der Waals surface area contributed by atoms with Gasteiger partial charge in [0.1, 0.15) is 0 Å². The zero-order valence-electron chi connectivity index (χ0n) is 10.7. The Labute approximate surface area is 116 Å². The number of nitrogens with zero attached hydrogens (tertiary/aromatic N) is 3. The first kappa shape index (κ1) is 12.1. The number of anilines is 2. The maximum Gasteiger partial charge on any atom is 0.261 e. The minimum absolute atomic E-state index is 0.426. The third-order valence-electron chi connectivity index (χ3n) is 2.72. The summed E-state index contributed by atoms with van der Waals surface area (Å²) in [7, 11) is 0. The van der Waals surface area contributed by atoms with Gasteiger partial charge in [0.15, 0.2) is 0 Å². The fourth-order valence-electron chi connectivity index (χ4n) is 1.75. The molecule has 20 heavy (non-hydrogen) atoms. The summed E-state index contributed by atoms with van der Waals surface area (Å²) in [5.41, 5.74) is 8.67. The lowest BCUT2D eigenvalue weighted by Crippen LogP contribution is -2.12. The van der Waals surface area contributed by atoms with Crippen molar-refractivity contribution in [2.45, 2.75) is 0 Å². The molecule has 0 saturated heterocycles. The summed E-state index contributed by atoms with van der Waals surface area (Å²) in [5.74, 6) is 0.426. The number of rotatable bonds is 4. The first-order valence-corrected chi connectivity index (χ1v) is 6.24. The van der Waals surface area contributed by atoms with E-state index in [9.17, 15) is 0 Å². The molecular weight excluding hydrogens is 250 g/mol. The Bertz CT molecular complexity index is 670. The number of aromatic nitrogens is 3. The second-order valence-electron chi connectivity index (χ2n) is 4.15. The zero-order chi connectivity index (χ0) is 13.6. The maximum atomic E-state index is 4.41. The Balaban J connectivity index is 1.75. The van der Waals surface area contributed by atoms with Crippen LogP contribution in [0.2, 0.25) is 0 Å². The van der Waals surface area contributed by atoms with Gasteiger partial charge >= 0.3 is 0 Å². The zero-order valence-corrected chi connectivity index (χ0v) is 10.7. The summed E-state index contributed by atoms with van der Waals surface area (Å²) in [6.45, 7) is 0. The van der Waals surface area contributed by atoms with Crippen molar-refractivity contribution >= 4 is 11.6 Å². The normalized spacial score (nSPS) is 10.0. The molecule has 98 valence electrons. The van der Waals surface area contributed by atoms with Crippen molar-refractivity contribution in [3.63, 3.8) is 0 Å². The van der Waals surface area contributed by atoms with Crippen molar-refractivity contribution in [1.82, 2.24) is 15.2 Å². The van der Waals surface area contributed by atoms with Crippen molar-refractivity contribution < 1.29 is 0 Å². The lowest BCUT2D eigenvalue weighted by Gasteiger charge is -2.08. The molecule has 0 amide bonds. The topological polar surface area (TPSA) is 62.7 Å². The van der Waals surface area contributed by atoms with Crippen LogP contribution in [0.1, 0.15) is 0 Å². The number of hydrazine groups is 1. The fourth-order valence-corrected chi connectivity index (χ4v) is 1.75. The Morgan fingerprint density at radius 3 is 2.20 bits per heavy atom. The minimum Gasteiger partial charge on any atom is -0.298 e. The van der Waals surface area contributed by atoms with E-state index in [0.717, 1.165) is 16.9 Å². The quantitative estimate of drug-likeness (QED) is 0.708. The van der Waals surface area contributed by atoms with E-state index in [0.29, 0.717) is 5.95 Å². The van der Waals surface area contributed by atoms with Crippen LogP contribution < -0.4 is 10.9 Å². The number of nitrogens with one attached hydrogen (secondary N) is 2. The van der Waals surface area contributed by atoms with Gasteiger partial charge in [-0.25, -0.2) is 4.98 Å². The summed E-state index contributed by atoms with van der Waals surface area (Å²) >= 11 is 0. The third kappa shape index (κ3) is 2.89. The fraction of sp³-hybridized carbons (Fsp3) is 0. The largest absolute Gasteiger partial charge is 0.298 e. The van der Waals surface area contributed by atoms with Crippen LogP contribution in [-0.4, -0.2) is 15.2 Å². The minimum atomic E-state index is 0.426. The van der Waals surface area contributed by atoms with Crippen LogP contribution in [0.3, 0.4) is 0 Å². The Kier molecular flexibility index (Phi) is 3.51. The molecule has 2 N–H and O–H groups in total. The average Bonchev–Trinajstić information content (AvgIpc) is 2.55. The van der Waals surface area contributed by atoms with Crippen molar-refractivity contribution in [3.8, 4) is 11.3 Å². The Morgan fingerprint density at radius 1 is 0.750 bits per heavy atom. The standard InChI is InChI=1S/C15H13N5/c1-3-7-12(8-4-1)14-11-16-19-15(17-14)20-18-13-9-5-2-6-10-13/h1-11,18H,(H,17,19,20). The average molecular weight is 263 g/mol. The lowest BCUT2D eigenvalue weighted by molar-refractivity contribution is 0.974. The van der Waals surface area contributed by atoms with Gasteiger partial charge in [0.2, 0.25) is 0 Å². The maximum absolute atomic E-state index is 4.41. The van der Waals surface area contributed by atoms with Gasteiger partial charge in [-0.15, -0.1) is 5.10 Å². The molecule has 5 heteroatoms. The molecule has 0 aliphatic heterocycles. The van der Waals surface area contributed by atoms with Crippen LogP contribution in [-0.2, 0) is 0 Å². The number of hydrogen-bond donors (Lipinski definition) is 2. The molecule has 0 unspecified atom stereocenters. The number of benzene rings is 2. The molecule has 0 spiro atoms. The van der Waals surface area contributed by atoms with Crippen molar-refractivity contribution in [3.05, 3.63) is 66.9 Å². The van der Waals surface area contributed by atoms with Crippen LogP contribution in [0.15, 0.2) is 66.9 Å². The molecule has 0 aliphatic carbocycles. The van der Waals surface area contributed by atoms with E-state index >= 15 is 0 Å². The summed E-state index contributed by atoms with van der Waals surface area (Å²) in [5, 5.41) is 7.90. The van der Waals surface area contributed by atoms with Gasteiger partial charge in [-0.05, 0) is 12.1 Å². The smallest absolute Gasteiger partial charge is 0.261 e. The van der Waals surface area contributed by atoms with E-state index in [1.54, 1.807) is 6.20 Å². The second kappa shape index (κ2) is 5.79. The predicted molar refractivity (Wildman–Crippen MR) is 79.0 cm³/mol. The van der Waals surface area contributed by atoms with Crippen molar-refractivity contribution in [1.29, 1.82) is 0 Å². The van der Waals surface area contributed by atoms with E-state index in [4.69, 9.17) is 0 Å². The molecule has 1 aromatic heterocycles. The van der Waals surface area contributed by atoms with E-state index in [-0.39, 0.29) is 0 Å². The van der Waals surface area contributed by atoms with Crippen LogP contribution in [0.4, 0.5) is 11.6 Å². The van der Waals surface area contributed by atoms with Crippen LogP contribution in [0.25, 0.3) is 11.3 Å².